The third-order valence-corrected chi connectivity index (χ3v) is 2.94. The van der Waals surface area contributed by atoms with Crippen molar-refractivity contribution < 1.29 is 14.3 Å². The molecule has 21 heavy (non-hydrogen) atoms. The fourth-order valence-electron chi connectivity index (χ4n) is 1.77. The van der Waals surface area contributed by atoms with Crippen LogP contribution in [0.15, 0.2) is 30.5 Å². The van der Waals surface area contributed by atoms with Gasteiger partial charge in [-0.3, -0.25) is 4.79 Å². The molecule has 0 bridgehead atoms. The number of aliphatic hydroxyl groups is 1. The Morgan fingerprint density at radius 2 is 2.24 bits per heavy atom. The highest BCUT2D eigenvalue weighted by molar-refractivity contribution is 6.31. The number of nitrogens with zero attached hydrogens (tertiary/aromatic N) is 1. The summed E-state index contributed by atoms with van der Waals surface area (Å²) < 4.78 is 15.4. The predicted octanol–water partition coefficient (Wildman–Crippen LogP) is 2.41. The minimum absolute atomic E-state index is 0.0480. The Kier molecular flexibility index (Phi) is 4.63. The van der Waals surface area contributed by atoms with E-state index in [-0.39, 0.29) is 12.3 Å². The quantitative estimate of drug-likeness (QED) is 0.837. The van der Waals surface area contributed by atoms with Crippen molar-refractivity contribution in [3.8, 4) is 11.8 Å². The van der Waals surface area contributed by atoms with Crippen molar-refractivity contribution in [1.82, 2.24) is 4.57 Å². The second kappa shape index (κ2) is 6.44. The highest BCUT2D eigenvalue weighted by atomic mass is 35.5. The number of carbonyl (C=O) groups excluding carboxylic acids is 1. The van der Waals surface area contributed by atoms with Crippen LogP contribution in [0.25, 0.3) is 0 Å². The normalized spacial score (nSPS) is 9.90. The zero-order valence-electron chi connectivity index (χ0n) is 11.2. The summed E-state index contributed by atoms with van der Waals surface area (Å²) in [5, 5.41) is 11.5. The highest BCUT2D eigenvalue weighted by Gasteiger charge is 2.13. The van der Waals surface area contributed by atoms with Crippen LogP contribution in [-0.2, 0) is 7.05 Å². The molecule has 0 spiro atoms. The molecule has 0 aliphatic heterocycles. The zero-order chi connectivity index (χ0) is 15.4. The van der Waals surface area contributed by atoms with Crippen molar-refractivity contribution in [1.29, 1.82) is 0 Å². The summed E-state index contributed by atoms with van der Waals surface area (Å²) >= 11 is 5.80. The number of hydrogen-bond donors (Lipinski definition) is 2. The second-order valence-electron chi connectivity index (χ2n) is 4.26. The van der Waals surface area contributed by atoms with Crippen LogP contribution < -0.4 is 5.32 Å². The first-order chi connectivity index (χ1) is 10.0. The average molecular weight is 307 g/mol. The van der Waals surface area contributed by atoms with E-state index in [1.165, 1.54) is 18.2 Å². The van der Waals surface area contributed by atoms with E-state index in [9.17, 15) is 9.18 Å². The van der Waals surface area contributed by atoms with Gasteiger partial charge in [0.05, 0.1) is 10.7 Å². The van der Waals surface area contributed by atoms with Crippen molar-refractivity contribution in [2.24, 2.45) is 7.05 Å². The Labute approximate surface area is 126 Å². The summed E-state index contributed by atoms with van der Waals surface area (Å²) in [5.74, 6) is 3.94. The number of carbonyl (C=O) groups is 1. The van der Waals surface area contributed by atoms with E-state index in [1.807, 2.05) is 0 Å². The number of amides is 1. The molecule has 2 aromatic rings. The maximum Gasteiger partial charge on any atom is 0.272 e. The van der Waals surface area contributed by atoms with E-state index >= 15 is 0 Å². The van der Waals surface area contributed by atoms with Gasteiger partial charge in [-0.05, 0) is 24.3 Å². The number of aromatic nitrogens is 1. The fraction of sp³-hybridized carbons (Fsp3) is 0.133. The number of halogens is 2. The van der Waals surface area contributed by atoms with E-state index in [0.717, 1.165) is 0 Å². The van der Waals surface area contributed by atoms with E-state index in [0.29, 0.717) is 16.3 Å². The topological polar surface area (TPSA) is 54.3 Å². The molecule has 4 nitrogen and oxygen atoms in total. The highest BCUT2D eigenvalue weighted by Crippen LogP contribution is 2.18. The molecule has 0 unspecified atom stereocenters. The van der Waals surface area contributed by atoms with Crippen LogP contribution in [0, 0.1) is 17.7 Å². The third-order valence-electron chi connectivity index (χ3n) is 2.73. The lowest BCUT2D eigenvalue weighted by Crippen LogP contribution is -2.16. The van der Waals surface area contributed by atoms with Crippen LogP contribution >= 0.6 is 11.6 Å². The lowest BCUT2D eigenvalue weighted by atomic mass is 10.2. The Morgan fingerprint density at radius 3 is 2.81 bits per heavy atom. The molecule has 1 heterocycles. The number of aliphatic hydroxyl groups excluding tert-OH is 1. The molecule has 6 heteroatoms. The fourth-order valence-corrected chi connectivity index (χ4v) is 2.02. The van der Waals surface area contributed by atoms with Gasteiger partial charge in [-0.25, -0.2) is 4.39 Å². The Bertz CT molecular complexity index is 744. The molecule has 1 amide bonds. The molecule has 1 aromatic heterocycles. The summed E-state index contributed by atoms with van der Waals surface area (Å²) in [6, 6.07) is 5.66. The molecule has 0 radical (unpaired) electrons. The summed E-state index contributed by atoms with van der Waals surface area (Å²) in [6.45, 7) is -0.297. The summed E-state index contributed by atoms with van der Waals surface area (Å²) in [5.41, 5.74) is 0.789. The Morgan fingerprint density at radius 1 is 1.48 bits per heavy atom. The molecule has 0 saturated heterocycles. The minimum Gasteiger partial charge on any atom is -0.384 e. The summed E-state index contributed by atoms with van der Waals surface area (Å²) in [7, 11) is 1.67. The van der Waals surface area contributed by atoms with Gasteiger partial charge in [-0.1, -0.05) is 23.4 Å². The number of benzene rings is 1. The van der Waals surface area contributed by atoms with E-state index < -0.39 is 11.7 Å². The van der Waals surface area contributed by atoms with Gasteiger partial charge in [-0.15, -0.1) is 0 Å². The molecule has 1 aromatic carbocycles. The number of hydrogen-bond acceptors (Lipinski definition) is 2. The first-order valence-corrected chi connectivity index (χ1v) is 6.41. The Balaban J connectivity index is 2.20. The Hall–Kier alpha value is -2.29. The molecule has 0 aliphatic rings. The van der Waals surface area contributed by atoms with Gasteiger partial charge in [0.1, 0.15) is 18.1 Å². The largest absolute Gasteiger partial charge is 0.384 e. The molecule has 0 aliphatic carbocycles. The molecule has 0 fully saturated rings. The van der Waals surface area contributed by atoms with Crippen LogP contribution in [0.4, 0.5) is 10.1 Å². The van der Waals surface area contributed by atoms with E-state index in [2.05, 4.69) is 17.2 Å². The number of rotatable bonds is 2. The third kappa shape index (κ3) is 3.63. The van der Waals surface area contributed by atoms with E-state index in [1.54, 1.807) is 23.9 Å². The van der Waals surface area contributed by atoms with Crippen molar-refractivity contribution in [2.75, 3.05) is 11.9 Å². The van der Waals surface area contributed by atoms with Crippen LogP contribution in [0.5, 0.6) is 0 Å². The van der Waals surface area contributed by atoms with Crippen molar-refractivity contribution >= 4 is 23.2 Å². The molecular formula is C15H12ClFN2O2. The smallest absolute Gasteiger partial charge is 0.272 e. The molecule has 2 N–H and O–H groups in total. The first-order valence-electron chi connectivity index (χ1n) is 6.03. The molecule has 0 saturated carbocycles. The lowest BCUT2D eigenvalue weighted by Gasteiger charge is -2.07. The lowest BCUT2D eigenvalue weighted by molar-refractivity contribution is 0.101. The minimum atomic E-state index is -0.603. The van der Waals surface area contributed by atoms with Crippen LogP contribution in [0.3, 0.4) is 0 Å². The van der Waals surface area contributed by atoms with Crippen LogP contribution in [0.2, 0.25) is 5.02 Å². The molecule has 0 atom stereocenters. The van der Waals surface area contributed by atoms with Gasteiger partial charge in [-0.2, -0.15) is 0 Å². The number of anilines is 1. The predicted molar refractivity (Wildman–Crippen MR) is 78.7 cm³/mol. The number of nitrogens with one attached hydrogen (secondary N) is 1. The average Bonchev–Trinajstić information content (AvgIpc) is 2.78. The van der Waals surface area contributed by atoms with Gasteiger partial charge in [0, 0.05) is 18.8 Å². The standard InChI is InChI=1S/C15H12ClFN2O2/c1-19-9-11(16)8-14(19)15(21)18-13-5-4-10(3-2-6-20)7-12(13)17/h4-5,7-9,20H,6H2,1H3,(H,18,21). The van der Waals surface area contributed by atoms with Gasteiger partial charge < -0.3 is 15.0 Å². The SMILES string of the molecule is Cn1cc(Cl)cc1C(=O)Nc1ccc(C#CCO)cc1F. The van der Waals surface area contributed by atoms with Crippen LogP contribution in [0.1, 0.15) is 16.1 Å². The first kappa shape index (κ1) is 15.1. The second-order valence-corrected chi connectivity index (χ2v) is 4.70. The van der Waals surface area contributed by atoms with Gasteiger partial charge >= 0.3 is 0 Å². The molecular weight excluding hydrogens is 295 g/mol. The maximum atomic E-state index is 13.9. The van der Waals surface area contributed by atoms with Gasteiger partial charge in [0.15, 0.2) is 0 Å². The molecule has 2 rings (SSSR count). The van der Waals surface area contributed by atoms with E-state index in [4.69, 9.17) is 16.7 Å². The van der Waals surface area contributed by atoms with Gasteiger partial charge in [0.25, 0.3) is 5.91 Å². The monoisotopic (exact) mass is 306 g/mol. The van der Waals surface area contributed by atoms with Gasteiger partial charge in [0.2, 0.25) is 0 Å². The molecule has 108 valence electrons. The summed E-state index contributed by atoms with van der Waals surface area (Å²) in [6.07, 6.45) is 1.58. The van der Waals surface area contributed by atoms with Crippen molar-refractivity contribution in [3.05, 3.63) is 52.6 Å². The van der Waals surface area contributed by atoms with Crippen molar-refractivity contribution in [3.63, 3.8) is 0 Å². The summed E-state index contributed by atoms with van der Waals surface area (Å²) in [4.78, 5) is 12.0. The number of aryl methyl sites for hydroxylation is 1. The maximum absolute atomic E-state index is 13.9. The zero-order valence-corrected chi connectivity index (χ0v) is 11.9. The van der Waals surface area contributed by atoms with Crippen molar-refractivity contribution in [2.45, 2.75) is 0 Å². The van der Waals surface area contributed by atoms with Crippen LogP contribution in [-0.4, -0.2) is 22.2 Å².